The minimum absolute atomic E-state index is 0.461. The molecule has 2 heterocycles. The van der Waals surface area contributed by atoms with Gasteiger partial charge in [0, 0.05) is 30.3 Å². The molecule has 1 aliphatic rings. The number of hydrogen-bond donors (Lipinski definition) is 2. The van der Waals surface area contributed by atoms with E-state index in [4.69, 9.17) is 15.2 Å². The second kappa shape index (κ2) is 7.19. The van der Waals surface area contributed by atoms with Crippen molar-refractivity contribution in [3.8, 4) is 33.9 Å². The van der Waals surface area contributed by atoms with Crippen molar-refractivity contribution in [2.75, 3.05) is 12.4 Å². The Morgan fingerprint density at radius 2 is 2.04 bits per heavy atom. The predicted molar refractivity (Wildman–Crippen MR) is 106 cm³/mol. The van der Waals surface area contributed by atoms with E-state index in [1.807, 2.05) is 37.4 Å². The summed E-state index contributed by atoms with van der Waals surface area (Å²) in [7, 11) is 1.82. The van der Waals surface area contributed by atoms with Crippen molar-refractivity contribution in [2.24, 2.45) is 5.73 Å². The van der Waals surface area contributed by atoms with Gasteiger partial charge in [0.05, 0.1) is 5.69 Å². The highest BCUT2D eigenvalue weighted by Crippen LogP contribution is 2.41. The molecule has 1 aliphatic heterocycles. The monoisotopic (exact) mass is 376 g/mol. The van der Waals surface area contributed by atoms with Crippen LogP contribution in [0.25, 0.3) is 22.4 Å². The molecular formula is C21H20N4O3. The number of benzene rings is 2. The number of anilines is 1. The first-order valence-electron chi connectivity index (χ1n) is 8.91. The number of ether oxygens (including phenoxy) is 2. The Kier molecular flexibility index (Phi) is 4.57. The van der Waals surface area contributed by atoms with E-state index in [0.29, 0.717) is 18.1 Å². The largest absolute Gasteiger partial charge is 0.488 e. The number of carbonyl (C=O) groups is 1. The summed E-state index contributed by atoms with van der Waals surface area (Å²) < 4.78 is 11.5. The average molecular weight is 376 g/mol. The molecule has 0 aliphatic carbocycles. The SMILES string of the molecule is CNc1cc(-c2ccc3c(c2)-c2ccc(O[C@@H](C)C(N)=O)cc2OC3)ncn1. The molecular weight excluding hydrogens is 356 g/mol. The Morgan fingerprint density at radius 1 is 1.18 bits per heavy atom. The Labute approximate surface area is 162 Å². The summed E-state index contributed by atoms with van der Waals surface area (Å²) in [4.78, 5) is 19.8. The molecule has 3 aromatic rings. The minimum atomic E-state index is -0.709. The molecule has 1 amide bonds. The fraction of sp³-hybridized carbons (Fsp3) is 0.190. The number of carbonyl (C=O) groups excluding carboxylic acids is 1. The van der Waals surface area contributed by atoms with E-state index in [1.54, 1.807) is 19.3 Å². The number of hydrogen-bond acceptors (Lipinski definition) is 6. The maximum Gasteiger partial charge on any atom is 0.258 e. The van der Waals surface area contributed by atoms with Crippen LogP contribution in [0.5, 0.6) is 11.5 Å². The average Bonchev–Trinajstić information content (AvgIpc) is 2.73. The Bertz CT molecular complexity index is 1050. The molecule has 3 N–H and O–H groups in total. The Balaban J connectivity index is 1.70. The van der Waals surface area contributed by atoms with Crippen molar-refractivity contribution in [2.45, 2.75) is 19.6 Å². The zero-order valence-corrected chi connectivity index (χ0v) is 15.6. The summed E-state index contributed by atoms with van der Waals surface area (Å²) in [6, 6.07) is 13.6. The van der Waals surface area contributed by atoms with Gasteiger partial charge in [-0.15, -0.1) is 0 Å². The standard InChI is InChI=1S/C21H20N4O3/c1-12(21(22)26)28-15-5-6-16-17-7-13(18-9-20(23-2)25-11-24-18)3-4-14(17)10-27-19(16)8-15/h3-9,11-12H,10H2,1-2H3,(H2,22,26)(H,23,24,25)/t12-/m0/s1. The number of primary amides is 1. The first-order chi connectivity index (χ1) is 13.5. The zero-order chi connectivity index (χ0) is 19.7. The number of nitrogens with zero attached hydrogens (tertiary/aromatic N) is 2. The van der Waals surface area contributed by atoms with Crippen molar-refractivity contribution >= 4 is 11.7 Å². The van der Waals surface area contributed by atoms with Crippen LogP contribution >= 0.6 is 0 Å². The van der Waals surface area contributed by atoms with Gasteiger partial charge >= 0.3 is 0 Å². The van der Waals surface area contributed by atoms with Crippen molar-refractivity contribution in [3.63, 3.8) is 0 Å². The third-order valence-electron chi connectivity index (χ3n) is 4.67. The van der Waals surface area contributed by atoms with E-state index >= 15 is 0 Å². The lowest BCUT2D eigenvalue weighted by molar-refractivity contribution is -0.123. The van der Waals surface area contributed by atoms with Gasteiger partial charge in [0.1, 0.15) is 30.3 Å². The first-order valence-corrected chi connectivity index (χ1v) is 8.91. The highest BCUT2D eigenvalue weighted by atomic mass is 16.5. The molecule has 0 saturated carbocycles. The molecule has 28 heavy (non-hydrogen) atoms. The molecule has 0 unspecified atom stereocenters. The topological polar surface area (TPSA) is 99.4 Å². The molecule has 0 saturated heterocycles. The van der Waals surface area contributed by atoms with E-state index in [2.05, 4.69) is 21.4 Å². The molecule has 7 nitrogen and oxygen atoms in total. The maximum atomic E-state index is 11.2. The van der Waals surface area contributed by atoms with Crippen LogP contribution in [0.3, 0.4) is 0 Å². The van der Waals surface area contributed by atoms with Crippen LogP contribution in [0.1, 0.15) is 12.5 Å². The molecule has 1 aromatic heterocycles. The molecule has 1 atom stereocenters. The van der Waals surface area contributed by atoms with Gasteiger partial charge < -0.3 is 20.5 Å². The number of fused-ring (bicyclic) bond motifs is 3. The summed E-state index contributed by atoms with van der Waals surface area (Å²) in [5.74, 6) is 1.49. The summed E-state index contributed by atoms with van der Waals surface area (Å²) in [6.45, 7) is 2.08. The summed E-state index contributed by atoms with van der Waals surface area (Å²) in [5.41, 5.74) is 10.2. The van der Waals surface area contributed by atoms with Crippen LogP contribution in [0.15, 0.2) is 48.8 Å². The van der Waals surface area contributed by atoms with Crippen LogP contribution < -0.4 is 20.5 Å². The van der Waals surface area contributed by atoms with E-state index in [9.17, 15) is 4.79 Å². The summed E-state index contributed by atoms with van der Waals surface area (Å²) in [5, 5.41) is 3.03. The molecule has 0 fully saturated rings. The lowest BCUT2D eigenvalue weighted by Gasteiger charge is -2.22. The fourth-order valence-corrected chi connectivity index (χ4v) is 3.10. The molecule has 0 radical (unpaired) electrons. The van der Waals surface area contributed by atoms with Crippen molar-refractivity contribution in [3.05, 3.63) is 54.4 Å². The van der Waals surface area contributed by atoms with Gasteiger partial charge in [-0.2, -0.15) is 0 Å². The summed E-state index contributed by atoms with van der Waals surface area (Å²) >= 11 is 0. The van der Waals surface area contributed by atoms with Gasteiger partial charge in [-0.1, -0.05) is 12.1 Å². The second-order valence-corrected chi connectivity index (χ2v) is 6.52. The first kappa shape index (κ1) is 17.8. The number of nitrogens with two attached hydrogens (primary N) is 1. The minimum Gasteiger partial charge on any atom is -0.488 e. The van der Waals surface area contributed by atoms with Gasteiger partial charge in [0.15, 0.2) is 6.10 Å². The Morgan fingerprint density at radius 3 is 2.82 bits per heavy atom. The van der Waals surface area contributed by atoms with E-state index in [-0.39, 0.29) is 0 Å². The maximum absolute atomic E-state index is 11.2. The lowest BCUT2D eigenvalue weighted by atomic mass is 9.94. The van der Waals surface area contributed by atoms with Crippen molar-refractivity contribution < 1.29 is 14.3 Å². The van der Waals surface area contributed by atoms with Crippen molar-refractivity contribution in [1.82, 2.24) is 9.97 Å². The van der Waals surface area contributed by atoms with Crippen LogP contribution in [-0.2, 0) is 11.4 Å². The summed E-state index contributed by atoms with van der Waals surface area (Å²) in [6.07, 6.45) is 0.834. The molecule has 7 heteroatoms. The highest BCUT2D eigenvalue weighted by Gasteiger charge is 2.20. The molecule has 4 rings (SSSR count). The molecule has 0 spiro atoms. The van der Waals surface area contributed by atoms with Crippen LogP contribution in [0.2, 0.25) is 0 Å². The normalized spacial score (nSPS) is 12.9. The van der Waals surface area contributed by atoms with Gasteiger partial charge in [0.2, 0.25) is 0 Å². The Hall–Kier alpha value is -3.61. The third-order valence-corrected chi connectivity index (χ3v) is 4.67. The van der Waals surface area contributed by atoms with Crippen LogP contribution in [0, 0.1) is 0 Å². The smallest absolute Gasteiger partial charge is 0.258 e. The number of aromatic nitrogens is 2. The van der Waals surface area contributed by atoms with Crippen LogP contribution in [0.4, 0.5) is 5.82 Å². The molecule has 0 bridgehead atoms. The predicted octanol–water partition coefficient (Wildman–Crippen LogP) is 3.00. The third kappa shape index (κ3) is 3.34. The zero-order valence-electron chi connectivity index (χ0n) is 15.6. The second-order valence-electron chi connectivity index (χ2n) is 6.52. The van der Waals surface area contributed by atoms with Crippen LogP contribution in [-0.4, -0.2) is 29.0 Å². The number of rotatable bonds is 5. The van der Waals surface area contributed by atoms with Gasteiger partial charge in [-0.05, 0) is 36.2 Å². The van der Waals surface area contributed by atoms with Gasteiger partial charge in [-0.25, -0.2) is 9.97 Å². The number of amides is 1. The number of nitrogens with one attached hydrogen (secondary N) is 1. The van der Waals surface area contributed by atoms with E-state index in [0.717, 1.165) is 33.8 Å². The fourth-order valence-electron chi connectivity index (χ4n) is 3.10. The van der Waals surface area contributed by atoms with Gasteiger partial charge in [0.25, 0.3) is 5.91 Å². The molecule has 142 valence electrons. The van der Waals surface area contributed by atoms with Crippen molar-refractivity contribution in [1.29, 1.82) is 0 Å². The quantitative estimate of drug-likeness (QED) is 0.710. The van der Waals surface area contributed by atoms with E-state index < -0.39 is 12.0 Å². The van der Waals surface area contributed by atoms with Gasteiger partial charge in [-0.3, -0.25) is 4.79 Å². The highest BCUT2D eigenvalue weighted by molar-refractivity contribution is 5.81. The molecule has 2 aromatic carbocycles. The van der Waals surface area contributed by atoms with E-state index in [1.165, 1.54) is 0 Å². The lowest BCUT2D eigenvalue weighted by Crippen LogP contribution is -2.30.